The van der Waals surface area contributed by atoms with Crippen LogP contribution in [0.5, 0.6) is 0 Å². The molecule has 0 unspecified atom stereocenters. The maximum Gasteiger partial charge on any atom is 0.152 e. The molecule has 0 aromatic heterocycles. The fourth-order valence-electron chi connectivity index (χ4n) is 0.262. The van der Waals surface area contributed by atoms with Gasteiger partial charge in [0.2, 0.25) is 0 Å². The molecule has 0 saturated carbocycles. The van der Waals surface area contributed by atoms with Crippen LogP contribution in [0, 0.1) is 0 Å². The van der Waals surface area contributed by atoms with E-state index in [-0.39, 0.29) is 0 Å². The SMILES string of the molecule is CCC(C)(C)S(C)(=O)=O. The molecule has 0 saturated heterocycles. The van der Waals surface area contributed by atoms with Gasteiger partial charge < -0.3 is 0 Å². The minimum Gasteiger partial charge on any atom is -0.229 e. The van der Waals surface area contributed by atoms with E-state index in [1.54, 1.807) is 13.8 Å². The van der Waals surface area contributed by atoms with E-state index < -0.39 is 14.6 Å². The van der Waals surface area contributed by atoms with Gasteiger partial charge in [-0.3, -0.25) is 0 Å². The predicted molar refractivity (Wildman–Crippen MR) is 39.2 cm³/mol. The van der Waals surface area contributed by atoms with Crippen molar-refractivity contribution in [3.63, 3.8) is 0 Å². The van der Waals surface area contributed by atoms with Gasteiger partial charge in [-0.1, -0.05) is 6.92 Å². The molecule has 0 aliphatic carbocycles. The minimum atomic E-state index is -2.85. The van der Waals surface area contributed by atoms with Gasteiger partial charge in [-0.2, -0.15) is 0 Å². The van der Waals surface area contributed by atoms with Crippen LogP contribution in [-0.4, -0.2) is 19.4 Å². The van der Waals surface area contributed by atoms with Crippen LogP contribution in [0.1, 0.15) is 27.2 Å². The van der Waals surface area contributed by atoms with Crippen molar-refractivity contribution in [3.8, 4) is 0 Å². The summed E-state index contributed by atoms with van der Waals surface area (Å²) in [7, 11) is -2.85. The Kier molecular flexibility index (Phi) is 2.28. The largest absolute Gasteiger partial charge is 0.229 e. The highest BCUT2D eigenvalue weighted by Gasteiger charge is 2.27. The maximum atomic E-state index is 10.9. The molecule has 2 nitrogen and oxygen atoms in total. The van der Waals surface area contributed by atoms with Crippen LogP contribution in [0.3, 0.4) is 0 Å². The highest BCUT2D eigenvalue weighted by atomic mass is 32.2. The Bertz CT molecular complexity index is 177. The van der Waals surface area contributed by atoms with E-state index in [0.29, 0.717) is 6.42 Å². The van der Waals surface area contributed by atoms with Crippen molar-refractivity contribution in [1.82, 2.24) is 0 Å². The fraction of sp³-hybridized carbons (Fsp3) is 1.00. The third-order valence-corrected chi connectivity index (χ3v) is 4.15. The topological polar surface area (TPSA) is 34.1 Å². The van der Waals surface area contributed by atoms with E-state index >= 15 is 0 Å². The van der Waals surface area contributed by atoms with Crippen LogP contribution >= 0.6 is 0 Å². The van der Waals surface area contributed by atoms with Gasteiger partial charge in [-0.15, -0.1) is 0 Å². The standard InChI is InChI=1S/C6H14O2S/c1-5-6(2,3)9(4,7)8/h5H2,1-4H3. The molecule has 0 aromatic carbocycles. The second-order valence-electron chi connectivity index (χ2n) is 2.89. The van der Waals surface area contributed by atoms with Gasteiger partial charge in [-0.05, 0) is 20.3 Å². The first kappa shape index (κ1) is 8.95. The summed E-state index contributed by atoms with van der Waals surface area (Å²) in [4.78, 5) is 0. The van der Waals surface area contributed by atoms with Gasteiger partial charge in [0.05, 0.1) is 4.75 Å². The van der Waals surface area contributed by atoms with Gasteiger partial charge in [0.15, 0.2) is 9.84 Å². The van der Waals surface area contributed by atoms with E-state index in [1.165, 1.54) is 6.26 Å². The van der Waals surface area contributed by atoms with Crippen LogP contribution < -0.4 is 0 Å². The molecule has 0 heterocycles. The first-order valence-electron chi connectivity index (χ1n) is 3.01. The zero-order valence-corrected chi connectivity index (χ0v) is 7.25. The average molecular weight is 150 g/mol. The molecule has 0 aliphatic heterocycles. The summed E-state index contributed by atoms with van der Waals surface area (Å²) in [5.41, 5.74) is 0. The molecule has 0 amide bonds. The molecule has 0 N–H and O–H groups in total. The van der Waals surface area contributed by atoms with Crippen molar-refractivity contribution in [2.24, 2.45) is 0 Å². The fourth-order valence-corrected chi connectivity index (χ4v) is 0.787. The van der Waals surface area contributed by atoms with Crippen molar-refractivity contribution >= 4 is 9.84 Å². The monoisotopic (exact) mass is 150 g/mol. The summed E-state index contributed by atoms with van der Waals surface area (Å²) < 4.78 is 21.2. The first-order chi connectivity index (χ1) is 3.81. The second-order valence-corrected chi connectivity index (χ2v) is 5.53. The lowest BCUT2D eigenvalue weighted by Gasteiger charge is -2.19. The molecule has 0 aliphatic rings. The Hall–Kier alpha value is -0.0500. The van der Waals surface area contributed by atoms with Gasteiger partial charge in [0.25, 0.3) is 0 Å². The molecule has 0 aromatic rings. The smallest absolute Gasteiger partial charge is 0.152 e. The highest BCUT2D eigenvalue weighted by molar-refractivity contribution is 7.92. The summed E-state index contributed by atoms with van der Waals surface area (Å²) in [6.07, 6.45) is 1.95. The number of hydrogen-bond acceptors (Lipinski definition) is 2. The number of sulfone groups is 1. The average Bonchev–Trinajstić information content (AvgIpc) is 1.64. The number of hydrogen-bond donors (Lipinski definition) is 0. The third kappa shape index (κ3) is 1.97. The summed E-state index contributed by atoms with van der Waals surface area (Å²) in [6, 6.07) is 0. The Morgan fingerprint density at radius 1 is 1.33 bits per heavy atom. The van der Waals surface area contributed by atoms with Gasteiger partial charge in [-0.25, -0.2) is 8.42 Å². The van der Waals surface area contributed by atoms with Crippen molar-refractivity contribution in [1.29, 1.82) is 0 Å². The highest BCUT2D eigenvalue weighted by Crippen LogP contribution is 2.18. The lowest BCUT2D eigenvalue weighted by Crippen LogP contribution is -2.29. The van der Waals surface area contributed by atoms with Gasteiger partial charge in [0.1, 0.15) is 0 Å². The van der Waals surface area contributed by atoms with Crippen LogP contribution in [0.15, 0.2) is 0 Å². The molecule has 9 heavy (non-hydrogen) atoms. The van der Waals surface area contributed by atoms with Crippen molar-refractivity contribution in [3.05, 3.63) is 0 Å². The van der Waals surface area contributed by atoms with E-state index in [2.05, 4.69) is 0 Å². The number of rotatable bonds is 2. The Labute approximate surface area is 57.2 Å². The minimum absolute atomic E-state index is 0.549. The Balaban J connectivity index is 4.56. The summed E-state index contributed by atoms with van der Waals surface area (Å²) in [5.74, 6) is 0. The van der Waals surface area contributed by atoms with E-state index in [4.69, 9.17) is 0 Å². The molecule has 3 heteroatoms. The summed E-state index contributed by atoms with van der Waals surface area (Å²) in [6.45, 7) is 5.35. The molecule has 0 atom stereocenters. The van der Waals surface area contributed by atoms with E-state index in [0.717, 1.165) is 0 Å². The molecule has 0 spiro atoms. The second kappa shape index (κ2) is 2.29. The van der Waals surface area contributed by atoms with Gasteiger partial charge >= 0.3 is 0 Å². The lowest BCUT2D eigenvalue weighted by atomic mass is 10.1. The van der Waals surface area contributed by atoms with Crippen LogP contribution in [0.25, 0.3) is 0 Å². The van der Waals surface area contributed by atoms with Crippen LogP contribution in [-0.2, 0) is 9.84 Å². The predicted octanol–water partition coefficient (Wildman–Crippen LogP) is 1.22. The van der Waals surface area contributed by atoms with Crippen molar-refractivity contribution in [2.75, 3.05) is 6.26 Å². The molecule has 0 fully saturated rings. The van der Waals surface area contributed by atoms with Crippen LogP contribution in [0.4, 0.5) is 0 Å². The summed E-state index contributed by atoms with van der Waals surface area (Å²) >= 11 is 0. The normalized spacial score (nSPS) is 13.8. The molecular weight excluding hydrogens is 136 g/mol. The van der Waals surface area contributed by atoms with Crippen LogP contribution in [0.2, 0.25) is 0 Å². The molecule has 56 valence electrons. The quantitative estimate of drug-likeness (QED) is 0.593. The van der Waals surface area contributed by atoms with E-state index in [1.807, 2.05) is 6.92 Å². The lowest BCUT2D eigenvalue weighted by molar-refractivity contribution is 0.544. The Morgan fingerprint density at radius 3 is 1.67 bits per heavy atom. The molecule has 0 radical (unpaired) electrons. The van der Waals surface area contributed by atoms with Crippen molar-refractivity contribution < 1.29 is 8.42 Å². The van der Waals surface area contributed by atoms with Gasteiger partial charge in [0, 0.05) is 6.26 Å². The zero-order valence-electron chi connectivity index (χ0n) is 6.43. The zero-order chi connectivity index (χ0) is 7.71. The third-order valence-electron chi connectivity index (χ3n) is 1.86. The summed E-state index contributed by atoms with van der Waals surface area (Å²) in [5, 5.41) is 0. The van der Waals surface area contributed by atoms with Crippen molar-refractivity contribution in [2.45, 2.75) is 31.9 Å². The molecular formula is C6H14O2S. The maximum absolute atomic E-state index is 10.9. The Morgan fingerprint density at radius 2 is 1.67 bits per heavy atom. The van der Waals surface area contributed by atoms with E-state index in [9.17, 15) is 8.42 Å². The molecule has 0 rings (SSSR count). The molecule has 0 bridgehead atoms. The first-order valence-corrected chi connectivity index (χ1v) is 4.90.